The summed E-state index contributed by atoms with van der Waals surface area (Å²) in [5.41, 5.74) is 2.26. The molecular weight excluding hydrogens is 264 g/mol. The van der Waals surface area contributed by atoms with E-state index in [1.54, 1.807) is 7.05 Å². The van der Waals surface area contributed by atoms with Crippen molar-refractivity contribution in [1.29, 1.82) is 0 Å². The van der Waals surface area contributed by atoms with Gasteiger partial charge in [-0.05, 0) is 24.4 Å². The van der Waals surface area contributed by atoms with Crippen molar-refractivity contribution >= 4 is 34.4 Å². The van der Waals surface area contributed by atoms with Crippen LogP contribution in [0.1, 0.15) is 26.0 Å². The summed E-state index contributed by atoms with van der Waals surface area (Å²) in [4.78, 5) is 17.3. The van der Waals surface area contributed by atoms with E-state index < -0.39 is 0 Å². The highest BCUT2D eigenvalue weighted by molar-refractivity contribution is 6.28. The zero-order chi connectivity index (χ0) is 13.8. The number of anilines is 2. The summed E-state index contributed by atoms with van der Waals surface area (Å²) in [6.45, 7) is 4.95. The number of nitrogens with one attached hydrogen (secondary N) is 2. The third-order valence-electron chi connectivity index (χ3n) is 2.69. The van der Waals surface area contributed by atoms with Crippen molar-refractivity contribution in [3.05, 3.63) is 11.0 Å². The number of hydrogen-bond donors (Lipinski definition) is 2. The molecule has 6 nitrogen and oxygen atoms in total. The average molecular weight is 281 g/mol. The Labute approximate surface area is 117 Å². The summed E-state index contributed by atoms with van der Waals surface area (Å²) in [6.07, 6.45) is 1.77. The number of aryl methyl sites for hydroxylation is 1. The van der Waals surface area contributed by atoms with Gasteiger partial charge in [-0.2, -0.15) is 4.98 Å². The molecule has 7 heteroatoms. The van der Waals surface area contributed by atoms with Crippen molar-refractivity contribution in [2.75, 3.05) is 24.2 Å². The first-order valence-electron chi connectivity index (χ1n) is 6.35. The fourth-order valence-corrected chi connectivity index (χ4v) is 1.95. The van der Waals surface area contributed by atoms with Gasteiger partial charge in [0.05, 0.1) is 5.69 Å². The molecule has 0 spiro atoms. The molecule has 0 radical (unpaired) electrons. The maximum Gasteiger partial charge on any atom is 0.225 e. The Morgan fingerprint density at radius 2 is 1.84 bits per heavy atom. The Morgan fingerprint density at radius 1 is 1.05 bits per heavy atom. The standard InChI is InChI=1S/C12H17ClN6/c1-4-6-15-12-16-7(5-2)8-9(18-12)10(14-3)19-11(13)17-8/h4-6H2,1-3H3,(H,14,17,19)(H,15,16,18). The van der Waals surface area contributed by atoms with Crippen molar-refractivity contribution in [1.82, 2.24) is 19.9 Å². The van der Waals surface area contributed by atoms with Crippen LogP contribution in [0, 0.1) is 0 Å². The normalized spacial score (nSPS) is 10.7. The van der Waals surface area contributed by atoms with Gasteiger partial charge in [-0.25, -0.2) is 15.0 Å². The number of nitrogens with zero attached hydrogens (tertiary/aromatic N) is 4. The van der Waals surface area contributed by atoms with Gasteiger partial charge in [-0.1, -0.05) is 13.8 Å². The highest BCUT2D eigenvalue weighted by Crippen LogP contribution is 2.23. The molecule has 0 aliphatic rings. The number of halogens is 1. The maximum absolute atomic E-state index is 5.92. The molecule has 2 N–H and O–H groups in total. The minimum atomic E-state index is 0.199. The molecule has 0 aromatic carbocycles. The van der Waals surface area contributed by atoms with Crippen LogP contribution < -0.4 is 10.6 Å². The largest absolute Gasteiger partial charge is 0.371 e. The molecule has 19 heavy (non-hydrogen) atoms. The second kappa shape index (κ2) is 5.97. The third-order valence-corrected chi connectivity index (χ3v) is 2.86. The van der Waals surface area contributed by atoms with E-state index in [1.807, 2.05) is 6.92 Å². The van der Waals surface area contributed by atoms with Gasteiger partial charge in [0.25, 0.3) is 0 Å². The summed E-state index contributed by atoms with van der Waals surface area (Å²) in [7, 11) is 1.78. The van der Waals surface area contributed by atoms with E-state index in [-0.39, 0.29) is 5.28 Å². The third kappa shape index (κ3) is 2.84. The van der Waals surface area contributed by atoms with Crippen molar-refractivity contribution in [3.63, 3.8) is 0 Å². The average Bonchev–Trinajstić information content (AvgIpc) is 2.43. The second-order valence-corrected chi connectivity index (χ2v) is 4.40. The number of hydrogen-bond acceptors (Lipinski definition) is 6. The van der Waals surface area contributed by atoms with E-state index in [9.17, 15) is 0 Å². The molecule has 0 fully saturated rings. The van der Waals surface area contributed by atoms with Crippen molar-refractivity contribution in [3.8, 4) is 0 Å². The lowest BCUT2D eigenvalue weighted by atomic mass is 10.2. The number of aromatic nitrogens is 4. The SMILES string of the molecule is CCCNc1nc(CC)c2nc(Cl)nc(NC)c2n1. The minimum Gasteiger partial charge on any atom is -0.371 e. The van der Waals surface area contributed by atoms with Gasteiger partial charge in [0, 0.05) is 13.6 Å². The van der Waals surface area contributed by atoms with E-state index in [0.29, 0.717) is 22.8 Å². The lowest BCUT2D eigenvalue weighted by Gasteiger charge is -2.10. The first-order valence-corrected chi connectivity index (χ1v) is 6.73. The Kier molecular flexibility index (Phi) is 4.31. The molecule has 102 valence electrons. The lowest BCUT2D eigenvalue weighted by Crippen LogP contribution is -2.09. The van der Waals surface area contributed by atoms with Crippen LogP contribution in [0.15, 0.2) is 0 Å². The van der Waals surface area contributed by atoms with E-state index in [1.165, 1.54) is 0 Å². The van der Waals surface area contributed by atoms with E-state index in [0.717, 1.165) is 25.1 Å². The number of fused-ring (bicyclic) bond motifs is 1. The molecule has 2 heterocycles. The van der Waals surface area contributed by atoms with E-state index in [2.05, 4.69) is 37.5 Å². The fraction of sp³-hybridized carbons (Fsp3) is 0.500. The molecule has 0 saturated heterocycles. The van der Waals surface area contributed by atoms with Gasteiger partial charge in [-0.15, -0.1) is 0 Å². The van der Waals surface area contributed by atoms with E-state index >= 15 is 0 Å². The molecule has 0 bridgehead atoms. The Balaban J connectivity index is 2.62. The maximum atomic E-state index is 5.92. The van der Waals surface area contributed by atoms with Gasteiger partial charge in [0.2, 0.25) is 11.2 Å². The Bertz CT molecular complexity index is 586. The van der Waals surface area contributed by atoms with Crippen LogP contribution in [-0.4, -0.2) is 33.5 Å². The first kappa shape index (κ1) is 13.7. The summed E-state index contributed by atoms with van der Waals surface area (Å²) < 4.78 is 0. The zero-order valence-corrected chi connectivity index (χ0v) is 12.0. The topological polar surface area (TPSA) is 75.6 Å². The van der Waals surface area contributed by atoms with Crippen molar-refractivity contribution in [2.45, 2.75) is 26.7 Å². The highest BCUT2D eigenvalue weighted by atomic mass is 35.5. The quantitative estimate of drug-likeness (QED) is 0.820. The van der Waals surface area contributed by atoms with Gasteiger partial charge in [-0.3, -0.25) is 0 Å². The van der Waals surface area contributed by atoms with Gasteiger partial charge < -0.3 is 10.6 Å². The lowest BCUT2D eigenvalue weighted by molar-refractivity contribution is 0.938. The van der Waals surface area contributed by atoms with Gasteiger partial charge in [0.15, 0.2) is 5.82 Å². The number of rotatable bonds is 5. The van der Waals surface area contributed by atoms with Crippen LogP contribution in [0.2, 0.25) is 5.28 Å². The molecule has 2 aromatic heterocycles. The molecule has 0 saturated carbocycles. The van der Waals surface area contributed by atoms with Gasteiger partial charge >= 0.3 is 0 Å². The summed E-state index contributed by atoms with van der Waals surface area (Å²) in [5.74, 6) is 1.22. The predicted molar refractivity (Wildman–Crippen MR) is 77.8 cm³/mol. The molecule has 0 aliphatic carbocycles. The van der Waals surface area contributed by atoms with E-state index in [4.69, 9.17) is 11.6 Å². The van der Waals surface area contributed by atoms with Crippen LogP contribution in [0.3, 0.4) is 0 Å². The van der Waals surface area contributed by atoms with Crippen molar-refractivity contribution < 1.29 is 0 Å². The minimum absolute atomic E-state index is 0.199. The fourth-order valence-electron chi connectivity index (χ4n) is 1.78. The van der Waals surface area contributed by atoms with Crippen LogP contribution in [0.25, 0.3) is 11.0 Å². The first-order chi connectivity index (χ1) is 9.19. The Morgan fingerprint density at radius 3 is 2.47 bits per heavy atom. The monoisotopic (exact) mass is 280 g/mol. The van der Waals surface area contributed by atoms with Crippen LogP contribution in [0.4, 0.5) is 11.8 Å². The van der Waals surface area contributed by atoms with Crippen LogP contribution in [0.5, 0.6) is 0 Å². The smallest absolute Gasteiger partial charge is 0.225 e. The molecule has 0 aliphatic heterocycles. The predicted octanol–water partition coefficient (Wildman–Crippen LogP) is 2.50. The molecule has 0 unspecified atom stereocenters. The van der Waals surface area contributed by atoms with Gasteiger partial charge in [0.1, 0.15) is 11.0 Å². The molecule has 2 rings (SSSR count). The zero-order valence-electron chi connectivity index (χ0n) is 11.3. The molecular formula is C12H17ClN6. The molecule has 0 amide bonds. The Hall–Kier alpha value is -1.69. The highest BCUT2D eigenvalue weighted by Gasteiger charge is 2.13. The van der Waals surface area contributed by atoms with Crippen LogP contribution in [-0.2, 0) is 6.42 Å². The molecule has 0 atom stereocenters. The summed E-state index contributed by atoms with van der Waals surface area (Å²) >= 11 is 5.92. The second-order valence-electron chi connectivity index (χ2n) is 4.06. The van der Waals surface area contributed by atoms with Crippen molar-refractivity contribution in [2.24, 2.45) is 0 Å². The summed E-state index contributed by atoms with van der Waals surface area (Å²) in [6, 6.07) is 0. The van der Waals surface area contributed by atoms with Crippen LogP contribution >= 0.6 is 11.6 Å². The summed E-state index contributed by atoms with van der Waals surface area (Å²) in [5, 5.41) is 6.38. The molecule has 2 aromatic rings.